The molecule has 7 aromatic rings. The van der Waals surface area contributed by atoms with E-state index in [9.17, 15) is 14.4 Å². The highest BCUT2D eigenvalue weighted by molar-refractivity contribution is 7.99. The third-order valence-electron chi connectivity index (χ3n) is 7.99. The number of para-hydroxylation sites is 1. The molecule has 246 valence electrons. The van der Waals surface area contributed by atoms with E-state index in [0.717, 1.165) is 17.7 Å². The number of amides is 2. The molecule has 0 radical (unpaired) electrons. The Morgan fingerprint density at radius 1 is 0.780 bits per heavy atom. The van der Waals surface area contributed by atoms with Crippen LogP contribution in [0.3, 0.4) is 0 Å². The third kappa shape index (κ3) is 6.91. The minimum absolute atomic E-state index is 0.0898. The van der Waals surface area contributed by atoms with Gasteiger partial charge in [-0.3, -0.25) is 28.5 Å². The molecule has 7 rings (SSSR count). The number of hydrogen-bond donors (Lipinski definition) is 2. The minimum Gasteiger partial charge on any atom is -0.325 e. The molecule has 0 saturated carbocycles. The van der Waals surface area contributed by atoms with Gasteiger partial charge in [0.15, 0.2) is 11.0 Å². The van der Waals surface area contributed by atoms with E-state index in [0.29, 0.717) is 44.5 Å². The molecule has 0 aliphatic carbocycles. The van der Waals surface area contributed by atoms with Crippen LogP contribution in [0.4, 0.5) is 11.4 Å². The van der Waals surface area contributed by atoms with Crippen LogP contribution in [0, 0.1) is 0 Å². The van der Waals surface area contributed by atoms with Gasteiger partial charge in [0.2, 0.25) is 5.91 Å². The van der Waals surface area contributed by atoms with Gasteiger partial charge >= 0.3 is 0 Å². The van der Waals surface area contributed by atoms with Crippen LogP contribution in [0.5, 0.6) is 0 Å². The molecule has 12 heteroatoms. The van der Waals surface area contributed by atoms with Crippen LogP contribution in [0.1, 0.15) is 22.8 Å². The van der Waals surface area contributed by atoms with Crippen molar-refractivity contribution in [3.05, 3.63) is 149 Å². The molecule has 3 heterocycles. The van der Waals surface area contributed by atoms with Crippen LogP contribution in [0.15, 0.2) is 138 Å². The zero-order valence-corrected chi connectivity index (χ0v) is 27.7. The standard InChI is InChI=1S/C38H30N8O3S/c1-2-25-8-15-31(16-9-25)46-35(26-18-20-39-21-19-26)43-44-38(46)50-23-34(47)41-28-12-10-27(11-13-28)36(48)42-29-14-17-33-32(22-29)37(49)45(24-40-33)30-6-4-3-5-7-30/h3-22,24H,2,23H2,1H3,(H,41,47)(H,42,48). The van der Waals surface area contributed by atoms with Crippen LogP contribution >= 0.6 is 11.8 Å². The SMILES string of the molecule is CCc1ccc(-n2c(SCC(=O)Nc3ccc(C(=O)Nc4ccc5ncn(-c6ccccc6)c(=O)c5c4)cc3)nnc2-c2ccncc2)cc1. The number of benzene rings is 4. The number of nitrogens with zero attached hydrogens (tertiary/aromatic N) is 6. The van der Waals surface area contributed by atoms with E-state index in [2.05, 4.69) is 49.9 Å². The molecular formula is C38H30N8O3S. The molecule has 0 bridgehead atoms. The summed E-state index contributed by atoms with van der Waals surface area (Å²) in [5, 5.41) is 15.5. The normalized spacial score (nSPS) is 11.0. The first-order valence-electron chi connectivity index (χ1n) is 15.8. The number of aryl methyl sites for hydroxylation is 1. The number of nitrogens with one attached hydrogen (secondary N) is 2. The number of anilines is 2. The summed E-state index contributed by atoms with van der Waals surface area (Å²) in [5.74, 6) is 0.144. The fraction of sp³-hybridized carbons (Fsp3) is 0.0789. The van der Waals surface area contributed by atoms with Crippen LogP contribution in [-0.2, 0) is 11.2 Å². The number of carbonyl (C=O) groups is 2. The smallest absolute Gasteiger partial charge is 0.265 e. The van der Waals surface area contributed by atoms with E-state index in [4.69, 9.17) is 0 Å². The molecular weight excluding hydrogens is 649 g/mol. The predicted molar refractivity (Wildman–Crippen MR) is 195 cm³/mol. The number of aromatic nitrogens is 6. The van der Waals surface area contributed by atoms with Gasteiger partial charge in [-0.25, -0.2) is 4.98 Å². The molecule has 0 aliphatic rings. The van der Waals surface area contributed by atoms with E-state index in [1.165, 1.54) is 28.2 Å². The summed E-state index contributed by atoms with van der Waals surface area (Å²) in [6.07, 6.45) is 5.83. The summed E-state index contributed by atoms with van der Waals surface area (Å²) in [5.41, 5.74) is 5.33. The molecule has 11 nitrogen and oxygen atoms in total. The average Bonchev–Trinajstić information content (AvgIpc) is 3.59. The van der Waals surface area contributed by atoms with Crippen LogP contribution in [0.2, 0.25) is 0 Å². The van der Waals surface area contributed by atoms with Crippen LogP contribution in [0.25, 0.3) is 33.7 Å². The molecule has 0 fully saturated rings. The van der Waals surface area contributed by atoms with Crippen molar-refractivity contribution in [1.82, 2.24) is 29.3 Å². The highest BCUT2D eigenvalue weighted by Crippen LogP contribution is 2.28. The van der Waals surface area contributed by atoms with Crippen molar-refractivity contribution in [3.8, 4) is 22.8 Å². The van der Waals surface area contributed by atoms with Gasteiger partial charge in [0.05, 0.1) is 22.3 Å². The molecule has 0 spiro atoms. The lowest BCUT2D eigenvalue weighted by Crippen LogP contribution is -2.19. The summed E-state index contributed by atoms with van der Waals surface area (Å²) in [7, 11) is 0. The van der Waals surface area contributed by atoms with E-state index in [-0.39, 0.29) is 23.1 Å². The molecule has 0 atom stereocenters. The second-order valence-corrected chi connectivity index (χ2v) is 12.2. The number of fused-ring (bicyclic) bond motifs is 1. The van der Waals surface area contributed by atoms with E-state index in [1.807, 2.05) is 59.2 Å². The minimum atomic E-state index is -0.360. The molecule has 0 saturated heterocycles. The zero-order valence-electron chi connectivity index (χ0n) is 26.9. The Hall–Kier alpha value is -6.40. The van der Waals surface area contributed by atoms with Gasteiger partial charge in [0.25, 0.3) is 11.5 Å². The zero-order chi connectivity index (χ0) is 34.5. The Morgan fingerprint density at radius 3 is 2.26 bits per heavy atom. The molecule has 4 aromatic carbocycles. The Labute approximate surface area is 291 Å². The second kappa shape index (κ2) is 14.4. The first-order valence-corrected chi connectivity index (χ1v) is 16.8. The van der Waals surface area contributed by atoms with Gasteiger partial charge in [-0.05, 0) is 90.8 Å². The first-order chi connectivity index (χ1) is 24.5. The van der Waals surface area contributed by atoms with Crippen molar-refractivity contribution < 1.29 is 9.59 Å². The Morgan fingerprint density at radius 2 is 1.52 bits per heavy atom. The van der Waals surface area contributed by atoms with Gasteiger partial charge in [0.1, 0.15) is 6.33 Å². The topological polar surface area (TPSA) is 137 Å². The number of thioether (sulfide) groups is 1. The third-order valence-corrected chi connectivity index (χ3v) is 8.92. The summed E-state index contributed by atoms with van der Waals surface area (Å²) < 4.78 is 3.40. The van der Waals surface area contributed by atoms with E-state index in [1.54, 1.807) is 54.9 Å². The van der Waals surface area contributed by atoms with Crippen molar-refractivity contribution >= 4 is 45.9 Å². The fourth-order valence-electron chi connectivity index (χ4n) is 5.37. The largest absolute Gasteiger partial charge is 0.325 e. The second-order valence-electron chi connectivity index (χ2n) is 11.3. The van der Waals surface area contributed by atoms with Crippen molar-refractivity contribution in [2.75, 3.05) is 16.4 Å². The molecule has 0 aliphatic heterocycles. The first kappa shape index (κ1) is 32.2. The average molecular weight is 679 g/mol. The van der Waals surface area contributed by atoms with Crippen LogP contribution < -0.4 is 16.2 Å². The Balaban J connectivity index is 1.01. The van der Waals surface area contributed by atoms with E-state index < -0.39 is 0 Å². The lowest BCUT2D eigenvalue weighted by Gasteiger charge is -2.11. The monoisotopic (exact) mass is 678 g/mol. The van der Waals surface area contributed by atoms with Gasteiger partial charge < -0.3 is 10.6 Å². The quantitative estimate of drug-likeness (QED) is 0.155. The maximum absolute atomic E-state index is 13.2. The molecule has 2 N–H and O–H groups in total. The molecule has 0 unspecified atom stereocenters. The lowest BCUT2D eigenvalue weighted by atomic mass is 10.1. The van der Waals surface area contributed by atoms with Crippen molar-refractivity contribution in [2.24, 2.45) is 0 Å². The number of carbonyl (C=O) groups excluding carboxylic acids is 2. The van der Waals surface area contributed by atoms with Gasteiger partial charge in [0, 0.05) is 40.6 Å². The molecule has 50 heavy (non-hydrogen) atoms. The fourth-order valence-corrected chi connectivity index (χ4v) is 6.12. The van der Waals surface area contributed by atoms with Crippen molar-refractivity contribution in [1.29, 1.82) is 0 Å². The lowest BCUT2D eigenvalue weighted by molar-refractivity contribution is -0.113. The maximum Gasteiger partial charge on any atom is 0.265 e. The van der Waals surface area contributed by atoms with Crippen molar-refractivity contribution in [3.63, 3.8) is 0 Å². The summed E-state index contributed by atoms with van der Waals surface area (Å²) in [6.45, 7) is 2.11. The Bertz CT molecular complexity index is 2360. The Kier molecular flexibility index (Phi) is 9.25. The van der Waals surface area contributed by atoms with Gasteiger partial charge in [-0.2, -0.15) is 0 Å². The maximum atomic E-state index is 13.2. The summed E-state index contributed by atoms with van der Waals surface area (Å²) in [4.78, 5) is 47.8. The highest BCUT2D eigenvalue weighted by Gasteiger charge is 2.18. The van der Waals surface area contributed by atoms with Crippen molar-refractivity contribution in [2.45, 2.75) is 18.5 Å². The van der Waals surface area contributed by atoms with Crippen LogP contribution in [-0.4, -0.2) is 46.9 Å². The van der Waals surface area contributed by atoms with E-state index >= 15 is 0 Å². The summed E-state index contributed by atoms with van der Waals surface area (Å²) in [6, 6.07) is 32.7. The predicted octanol–water partition coefficient (Wildman–Crippen LogP) is 6.57. The van der Waals surface area contributed by atoms with Gasteiger partial charge in [-0.15, -0.1) is 10.2 Å². The molecule has 2 amide bonds. The van der Waals surface area contributed by atoms with Gasteiger partial charge in [-0.1, -0.05) is 49.0 Å². The highest BCUT2D eigenvalue weighted by atomic mass is 32.2. The number of rotatable bonds is 10. The number of pyridine rings is 1. The number of hydrogen-bond acceptors (Lipinski definition) is 8. The summed E-state index contributed by atoms with van der Waals surface area (Å²) >= 11 is 1.27. The molecule has 3 aromatic heterocycles.